The molecule has 1 unspecified atom stereocenters. The van der Waals surface area contributed by atoms with E-state index in [1.807, 2.05) is 0 Å². The summed E-state index contributed by atoms with van der Waals surface area (Å²) in [6.07, 6.45) is 4.03. The normalized spacial score (nSPS) is 20.9. The van der Waals surface area contributed by atoms with Crippen molar-refractivity contribution < 1.29 is 23.9 Å². The first-order chi connectivity index (χ1) is 13.0. The van der Waals surface area contributed by atoms with Crippen LogP contribution in [0.4, 0.5) is 5.69 Å². The van der Waals surface area contributed by atoms with Crippen molar-refractivity contribution in [3.63, 3.8) is 0 Å². The second-order valence-corrected chi connectivity index (χ2v) is 7.04. The Kier molecular flexibility index (Phi) is 6.11. The molecule has 2 N–H and O–H groups in total. The van der Waals surface area contributed by atoms with Crippen molar-refractivity contribution in [1.82, 2.24) is 5.32 Å². The molecule has 0 aromatic heterocycles. The summed E-state index contributed by atoms with van der Waals surface area (Å²) in [6.45, 7) is 2.63. The van der Waals surface area contributed by atoms with E-state index in [9.17, 15) is 14.4 Å². The van der Waals surface area contributed by atoms with Crippen molar-refractivity contribution in [3.05, 3.63) is 29.8 Å². The zero-order valence-corrected chi connectivity index (χ0v) is 15.6. The summed E-state index contributed by atoms with van der Waals surface area (Å²) in [5, 5.41) is 5.67. The highest BCUT2D eigenvalue weighted by Crippen LogP contribution is 2.31. The van der Waals surface area contributed by atoms with Crippen LogP contribution in [0, 0.1) is 0 Å². The molecule has 2 amide bonds. The number of carbonyl (C=O) groups is 3. The highest BCUT2D eigenvalue weighted by atomic mass is 16.5. The van der Waals surface area contributed by atoms with Crippen LogP contribution in [0.2, 0.25) is 0 Å². The topological polar surface area (TPSA) is 93.7 Å². The molecule has 2 aliphatic rings. The summed E-state index contributed by atoms with van der Waals surface area (Å²) in [5.41, 5.74) is -0.0419. The minimum Gasteiger partial charge on any atom is -0.464 e. The van der Waals surface area contributed by atoms with Gasteiger partial charge in [-0.2, -0.15) is 0 Å². The molecular weight excluding hydrogens is 348 g/mol. The summed E-state index contributed by atoms with van der Waals surface area (Å²) in [5.74, 6) is -0.930. The summed E-state index contributed by atoms with van der Waals surface area (Å²) >= 11 is 0. The van der Waals surface area contributed by atoms with E-state index in [4.69, 9.17) is 9.47 Å². The third kappa shape index (κ3) is 4.47. The van der Waals surface area contributed by atoms with Gasteiger partial charge in [0.2, 0.25) is 0 Å². The highest BCUT2D eigenvalue weighted by molar-refractivity contribution is 6.00. The van der Waals surface area contributed by atoms with Gasteiger partial charge in [0.25, 0.3) is 11.8 Å². The van der Waals surface area contributed by atoms with Gasteiger partial charge >= 0.3 is 5.97 Å². The van der Waals surface area contributed by atoms with E-state index < -0.39 is 11.6 Å². The Bertz CT molecular complexity index is 706. The maximum atomic E-state index is 12.8. The van der Waals surface area contributed by atoms with Crippen LogP contribution in [-0.2, 0) is 19.1 Å². The smallest absolute Gasteiger partial charge is 0.331 e. The molecule has 0 radical (unpaired) electrons. The Labute approximate surface area is 158 Å². The standard InChI is InChI=1S/C20H26N2O5/c1-2-26-19(25)20(10-3-4-11-20)22-17(23)14-7-5-8-15(13-14)21-18(24)16-9-6-12-27-16/h5,7-8,13,16H,2-4,6,9-12H2,1H3,(H,21,24)(H,22,23). The molecule has 1 atom stereocenters. The van der Waals surface area contributed by atoms with Gasteiger partial charge in [0, 0.05) is 17.9 Å². The van der Waals surface area contributed by atoms with Crippen molar-refractivity contribution in [2.24, 2.45) is 0 Å². The van der Waals surface area contributed by atoms with Crippen molar-refractivity contribution in [2.45, 2.75) is 57.1 Å². The van der Waals surface area contributed by atoms with Gasteiger partial charge < -0.3 is 20.1 Å². The van der Waals surface area contributed by atoms with Gasteiger partial charge in [-0.15, -0.1) is 0 Å². The van der Waals surface area contributed by atoms with E-state index in [1.54, 1.807) is 31.2 Å². The number of amides is 2. The van der Waals surface area contributed by atoms with E-state index in [0.717, 1.165) is 19.3 Å². The largest absolute Gasteiger partial charge is 0.464 e. The molecule has 1 saturated carbocycles. The first-order valence-electron chi connectivity index (χ1n) is 9.56. The Morgan fingerprint density at radius 3 is 2.67 bits per heavy atom. The van der Waals surface area contributed by atoms with Crippen molar-refractivity contribution in [2.75, 3.05) is 18.5 Å². The molecule has 1 aliphatic heterocycles. The number of nitrogens with one attached hydrogen (secondary N) is 2. The third-order valence-electron chi connectivity index (χ3n) is 5.09. The molecule has 7 heteroatoms. The van der Waals surface area contributed by atoms with Crippen LogP contribution in [0.3, 0.4) is 0 Å². The van der Waals surface area contributed by atoms with Crippen LogP contribution >= 0.6 is 0 Å². The first kappa shape index (κ1) is 19.4. The molecule has 1 aromatic carbocycles. The Balaban J connectivity index is 1.69. The number of benzene rings is 1. The Morgan fingerprint density at radius 2 is 2.00 bits per heavy atom. The van der Waals surface area contributed by atoms with E-state index >= 15 is 0 Å². The predicted molar refractivity (Wildman–Crippen MR) is 99.3 cm³/mol. The lowest BCUT2D eigenvalue weighted by Gasteiger charge is -2.27. The lowest BCUT2D eigenvalue weighted by molar-refractivity contribution is -0.150. The molecule has 1 saturated heterocycles. The molecule has 7 nitrogen and oxygen atoms in total. The van der Waals surface area contributed by atoms with Gasteiger partial charge in [-0.1, -0.05) is 18.9 Å². The quantitative estimate of drug-likeness (QED) is 0.746. The van der Waals surface area contributed by atoms with E-state index in [-0.39, 0.29) is 24.4 Å². The maximum Gasteiger partial charge on any atom is 0.331 e. The van der Waals surface area contributed by atoms with E-state index in [1.165, 1.54) is 0 Å². The molecule has 1 aliphatic carbocycles. The molecule has 27 heavy (non-hydrogen) atoms. The molecule has 146 valence electrons. The minimum atomic E-state index is -0.954. The van der Waals surface area contributed by atoms with Crippen LogP contribution in [0.5, 0.6) is 0 Å². The maximum absolute atomic E-state index is 12.8. The summed E-state index contributed by atoms with van der Waals surface area (Å²) in [6, 6.07) is 6.69. The summed E-state index contributed by atoms with van der Waals surface area (Å²) in [7, 11) is 0. The molecule has 2 fully saturated rings. The number of esters is 1. The zero-order chi connectivity index (χ0) is 19.3. The number of rotatable bonds is 6. The molecule has 0 spiro atoms. The lowest BCUT2D eigenvalue weighted by atomic mass is 9.97. The van der Waals surface area contributed by atoms with Crippen LogP contribution in [-0.4, -0.2) is 42.6 Å². The average molecular weight is 374 g/mol. The first-order valence-corrected chi connectivity index (χ1v) is 9.56. The monoisotopic (exact) mass is 374 g/mol. The van der Waals surface area contributed by atoms with Crippen molar-refractivity contribution in [1.29, 1.82) is 0 Å². The predicted octanol–water partition coefficient (Wildman–Crippen LogP) is 2.41. The number of hydrogen-bond donors (Lipinski definition) is 2. The van der Waals surface area contributed by atoms with Crippen LogP contribution in [0.25, 0.3) is 0 Å². The van der Waals surface area contributed by atoms with Crippen molar-refractivity contribution >= 4 is 23.5 Å². The fourth-order valence-corrected chi connectivity index (χ4v) is 3.66. The van der Waals surface area contributed by atoms with Gasteiger partial charge in [0.05, 0.1) is 6.61 Å². The van der Waals surface area contributed by atoms with Gasteiger partial charge in [-0.3, -0.25) is 9.59 Å². The Hall–Kier alpha value is -2.41. The number of carbonyl (C=O) groups excluding carboxylic acids is 3. The number of anilines is 1. The fraction of sp³-hybridized carbons (Fsp3) is 0.550. The second kappa shape index (κ2) is 8.52. The van der Waals surface area contributed by atoms with E-state index in [2.05, 4.69) is 10.6 Å². The second-order valence-electron chi connectivity index (χ2n) is 7.04. The summed E-state index contributed by atoms with van der Waals surface area (Å²) in [4.78, 5) is 37.3. The van der Waals surface area contributed by atoms with E-state index in [0.29, 0.717) is 37.1 Å². The minimum absolute atomic E-state index is 0.205. The molecule has 1 aromatic rings. The highest BCUT2D eigenvalue weighted by Gasteiger charge is 2.44. The Morgan fingerprint density at radius 1 is 1.22 bits per heavy atom. The molecule has 0 bridgehead atoms. The van der Waals surface area contributed by atoms with Gasteiger partial charge in [0.1, 0.15) is 11.6 Å². The SMILES string of the molecule is CCOC(=O)C1(NC(=O)c2cccc(NC(=O)C3CCCO3)c2)CCCC1. The van der Waals surface area contributed by atoms with Crippen LogP contribution in [0.1, 0.15) is 55.8 Å². The van der Waals surface area contributed by atoms with Crippen molar-refractivity contribution in [3.8, 4) is 0 Å². The average Bonchev–Trinajstić information content (AvgIpc) is 3.35. The third-order valence-corrected chi connectivity index (χ3v) is 5.09. The van der Waals surface area contributed by atoms with Crippen LogP contribution in [0.15, 0.2) is 24.3 Å². The van der Waals surface area contributed by atoms with Gasteiger partial charge in [-0.05, 0) is 50.8 Å². The number of hydrogen-bond acceptors (Lipinski definition) is 5. The van der Waals surface area contributed by atoms with Gasteiger partial charge in [-0.25, -0.2) is 4.79 Å². The molecule has 1 heterocycles. The summed E-state index contributed by atoms with van der Waals surface area (Å²) < 4.78 is 10.5. The molecular formula is C20H26N2O5. The lowest BCUT2D eigenvalue weighted by Crippen LogP contribution is -2.53. The zero-order valence-electron chi connectivity index (χ0n) is 15.6. The van der Waals surface area contributed by atoms with Crippen LogP contribution < -0.4 is 10.6 Å². The number of ether oxygens (including phenoxy) is 2. The fourth-order valence-electron chi connectivity index (χ4n) is 3.66. The van der Waals surface area contributed by atoms with Gasteiger partial charge in [0.15, 0.2) is 0 Å². The molecule has 3 rings (SSSR count).